The van der Waals surface area contributed by atoms with E-state index in [1.165, 1.54) is 31.2 Å². The van der Waals surface area contributed by atoms with E-state index in [2.05, 4.69) is 5.43 Å². The lowest BCUT2D eigenvalue weighted by Gasteiger charge is -2.12. The van der Waals surface area contributed by atoms with Gasteiger partial charge >= 0.3 is 0 Å². The number of halogens is 1. The topological polar surface area (TPSA) is 84.5 Å². The maximum Gasteiger partial charge on any atom is 0.269 e. The molecule has 1 amide bonds. The van der Waals surface area contributed by atoms with E-state index in [0.717, 1.165) is 10.8 Å². The fourth-order valence-electron chi connectivity index (χ4n) is 2.73. The van der Waals surface area contributed by atoms with E-state index < -0.39 is 21.7 Å². The Bertz CT molecular complexity index is 1150. The number of sulfonamides is 1. The van der Waals surface area contributed by atoms with Crippen molar-refractivity contribution in [1.29, 1.82) is 0 Å². The first-order valence-corrected chi connectivity index (χ1v) is 10.0. The Labute approximate surface area is 162 Å². The summed E-state index contributed by atoms with van der Waals surface area (Å²) in [5.74, 6) is -1.35. The molecule has 146 valence electrons. The normalized spacial score (nSPS) is 11.4. The second-order valence-electron chi connectivity index (χ2n) is 6.10. The highest BCUT2D eigenvalue weighted by atomic mass is 32.2. The number of hydrogen-bond acceptors (Lipinski definition) is 4. The number of aryl methyl sites for hydroxylation is 1. The molecule has 0 spiro atoms. The first kappa shape index (κ1) is 19.8. The molecular weight excluding hydrogens is 383 g/mol. The highest BCUT2D eigenvalue weighted by molar-refractivity contribution is 7.89. The predicted octanol–water partition coefficient (Wildman–Crippen LogP) is 3.31. The van der Waals surface area contributed by atoms with Gasteiger partial charge in [0.05, 0.1) is 17.1 Å². The summed E-state index contributed by atoms with van der Waals surface area (Å²) in [6.07, 6.45) is 0. The zero-order valence-electron chi connectivity index (χ0n) is 15.3. The number of fused-ring (bicyclic) bond motifs is 1. The van der Waals surface area contributed by atoms with Crippen molar-refractivity contribution in [2.45, 2.75) is 18.7 Å². The van der Waals surface area contributed by atoms with Gasteiger partial charge in [-0.05, 0) is 54.4 Å². The summed E-state index contributed by atoms with van der Waals surface area (Å²) < 4.78 is 44.6. The van der Waals surface area contributed by atoms with Gasteiger partial charge in [0, 0.05) is 0 Å². The number of hydrogen-bond donors (Lipinski definition) is 2. The third kappa shape index (κ3) is 4.13. The van der Waals surface area contributed by atoms with Crippen LogP contribution in [0.2, 0.25) is 0 Å². The molecule has 0 aliphatic carbocycles. The van der Waals surface area contributed by atoms with Crippen molar-refractivity contribution in [3.8, 4) is 5.75 Å². The number of amides is 1. The average Bonchev–Trinajstić information content (AvgIpc) is 2.68. The third-order valence-corrected chi connectivity index (χ3v) is 5.36. The van der Waals surface area contributed by atoms with Gasteiger partial charge in [0.15, 0.2) is 0 Å². The molecule has 0 unspecified atom stereocenters. The molecule has 8 heteroatoms. The first-order chi connectivity index (χ1) is 13.3. The predicted molar refractivity (Wildman–Crippen MR) is 104 cm³/mol. The number of hydrazine groups is 1. The van der Waals surface area contributed by atoms with Crippen LogP contribution in [0.15, 0.2) is 59.5 Å². The number of nitrogens with one attached hydrogen (secondary N) is 2. The van der Waals surface area contributed by atoms with E-state index in [0.29, 0.717) is 12.4 Å². The lowest BCUT2D eigenvalue weighted by atomic mass is 10.1. The molecule has 6 nitrogen and oxygen atoms in total. The van der Waals surface area contributed by atoms with Crippen LogP contribution < -0.4 is 15.0 Å². The average molecular weight is 402 g/mol. The maximum atomic E-state index is 14.3. The first-order valence-electron chi connectivity index (χ1n) is 8.55. The zero-order chi connectivity index (χ0) is 20.3. The van der Waals surface area contributed by atoms with Crippen molar-refractivity contribution < 1.29 is 22.3 Å². The van der Waals surface area contributed by atoms with Gasteiger partial charge in [-0.2, -0.15) is 0 Å². The van der Waals surface area contributed by atoms with Gasteiger partial charge in [0.1, 0.15) is 11.6 Å². The van der Waals surface area contributed by atoms with E-state index >= 15 is 0 Å². The molecule has 3 aromatic carbocycles. The summed E-state index contributed by atoms with van der Waals surface area (Å²) in [5.41, 5.74) is 1.95. The SMILES string of the molecule is CCOc1cc(C)c(F)c(C(=O)NNS(=O)(=O)c2ccc3ccccc3c2)c1. The molecule has 0 saturated heterocycles. The van der Waals surface area contributed by atoms with Crippen LogP contribution >= 0.6 is 0 Å². The molecule has 0 heterocycles. The van der Waals surface area contributed by atoms with Crippen molar-refractivity contribution in [3.05, 3.63) is 71.5 Å². The minimum atomic E-state index is -4.03. The van der Waals surface area contributed by atoms with Crippen LogP contribution in [0.1, 0.15) is 22.8 Å². The van der Waals surface area contributed by atoms with Crippen LogP contribution in [0, 0.1) is 12.7 Å². The molecule has 28 heavy (non-hydrogen) atoms. The minimum absolute atomic E-state index is 0.0220. The summed E-state index contributed by atoms with van der Waals surface area (Å²) in [5, 5.41) is 1.62. The molecule has 0 atom stereocenters. The largest absolute Gasteiger partial charge is 0.494 e. The lowest BCUT2D eigenvalue weighted by Crippen LogP contribution is -2.41. The Morgan fingerprint density at radius 2 is 1.79 bits per heavy atom. The van der Waals surface area contributed by atoms with Crippen molar-refractivity contribution >= 4 is 26.7 Å². The second kappa shape index (κ2) is 7.95. The summed E-state index contributed by atoms with van der Waals surface area (Å²) in [6.45, 7) is 3.60. The molecule has 0 bridgehead atoms. The molecular formula is C20H19FN2O4S. The Hall–Kier alpha value is -2.97. The summed E-state index contributed by atoms with van der Waals surface area (Å²) in [7, 11) is -4.03. The fraction of sp³-hybridized carbons (Fsp3) is 0.150. The second-order valence-corrected chi connectivity index (χ2v) is 7.79. The van der Waals surface area contributed by atoms with Gasteiger partial charge < -0.3 is 4.74 Å². The number of rotatable bonds is 6. The maximum absolute atomic E-state index is 14.3. The molecule has 0 radical (unpaired) electrons. The number of ether oxygens (including phenoxy) is 1. The lowest BCUT2D eigenvalue weighted by molar-refractivity contribution is 0.0940. The van der Waals surface area contributed by atoms with Gasteiger partial charge in [-0.1, -0.05) is 30.3 Å². The highest BCUT2D eigenvalue weighted by Crippen LogP contribution is 2.22. The van der Waals surface area contributed by atoms with Crippen LogP contribution in [-0.4, -0.2) is 20.9 Å². The van der Waals surface area contributed by atoms with Crippen LogP contribution in [0.4, 0.5) is 4.39 Å². The van der Waals surface area contributed by atoms with E-state index in [1.54, 1.807) is 25.1 Å². The van der Waals surface area contributed by atoms with E-state index in [-0.39, 0.29) is 16.0 Å². The molecule has 0 aliphatic rings. The van der Waals surface area contributed by atoms with E-state index in [4.69, 9.17) is 4.74 Å². The van der Waals surface area contributed by atoms with Gasteiger partial charge in [0.2, 0.25) is 0 Å². The quantitative estimate of drug-likeness (QED) is 0.620. The third-order valence-electron chi connectivity index (χ3n) is 4.11. The molecule has 0 fully saturated rings. The summed E-state index contributed by atoms with van der Waals surface area (Å²) in [6, 6.07) is 14.6. The molecule has 0 saturated carbocycles. The molecule has 2 N–H and O–H groups in total. The van der Waals surface area contributed by atoms with Crippen LogP contribution in [-0.2, 0) is 10.0 Å². The Kier molecular flexibility index (Phi) is 5.62. The van der Waals surface area contributed by atoms with Crippen molar-refractivity contribution in [3.63, 3.8) is 0 Å². The Morgan fingerprint density at radius 1 is 1.07 bits per heavy atom. The highest BCUT2D eigenvalue weighted by Gasteiger charge is 2.20. The number of carbonyl (C=O) groups excluding carboxylic acids is 1. The van der Waals surface area contributed by atoms with Crippen molar-refractivity contribution in [2.75, 3.05) is 6.61 Å². The Morgan fingerprint density at radius 3 is 2.50 bits per heavy atom. The zero-order valence-corrected chi connectivity index (χ0v) is 16.1. The molecule has 3 rings (SSSR count). The van der Waals surface area contributed by atoms with Gasteiger partial charge in [-0.3, -0.25) is 10.2 Å². The Balaban J connectivity index is 1.81. The van der Waals surface area contributed by atoms with E-state index in [9.17, 15) is 17.6 Å². The van der Waals surface area contributed by atoms with Gasteiger partial charge in [0.25, 0.3) is 15.9 Å². The van der Waals surface area contributed by atoms with Crippen LogP contribution in [0.25, 0.3) is 10.8 Å². The molecule has 0 aromatic heterocycles. The molecule has 3 aromatic rings. The van der Waals surface area contributed by atoms with Crippen molar-refractivity contribution in [2.24, 2.45) is 0 Å². The summed E-state index contributed by atoms with van der Waals surface area (Å²) in [4.78, 5) is 14.3. The monoisotopic (exact) mass is 402 g/mol. The van der Waals surface area contributed by atoms with Gasteiger partial charge in [-0.15, -0.1) is 4.83 Å². The molecule has 0 aliphatic heterocycles. The number of carbonyl (C=O) groups is 1. The number of benzene rings is 3. The minimum Gasteiger partial charge on any atom is -0.494 e. The van der Waals surface area contributed by atoms with Crippen LogP contribution in [0.5, 0.6) is 5.75 Å². The summed E-state index contributed by atoms with van der Waals surface area (Å²) >= 11 is 0. The fourth-order valence-corrected chi connectivity index (χ4v) is 3.60. The van der Waals surface area contributed by atoms with Crippen molar-refractivity contribution in [1.82, 2.24) is 10.3 Å². The smallest absolute Gasteiger partial charge is 0.269 e. The standard InChI is InChI=1S/C20H19FN2O4S/c1-3-27-16-10-13(2)19(21)18(12-16)20(24)22-23-28(25,26)17-9-8-14-6-4-5-7-15(14)11-17/h4-12,23H,3H2,1-2H3,(H,22,24). The van der Waals surface area contributed by atoms with E-state index in [1.807, 2.05) is 17.0 Å². The van der Waals surface area contributed by atoms with Gasteiger partial charge in [-0.25, -0.2) is 12.8 Å². The van der Waals surface area contributed by atoms with Crippen LogP contribution in [0.3, 0.4) is 0 Å².